The topological polar surface area (TPSA) is 8.17 Å². The summed E-state index contributed by atoms with van der Waals surface area (Å²) in [5.41, 5.74) is 17.1. The van der Waals surface area contributed by atoms with E-state index in [0.717, 1.165) is 17.1 Å². The summed E-state index contributed by atoms with van der Waals surface area (Å²) in [6, 6.07) is 76.2. The van der Waals surface area contributed by atoms with Crippen molar-refractivity contribution in [2.24, 2.45) is 0 Å². The second-order valence-electron chi connectivity index (χ2n) is 14.9. The monoisotopic (exact) mass is 698 g/mol. The molecule has 55 heavy (non-hydrogen) atoms. The van der Waals surface area contributed by atoms with E-state index < -0.39 is 5.41 Å². The van der Waals surface area contributed by atoms with E-state index >= 15 is 0 Å². The Morgan fingerprint density at radius 3 is 1.80 bits per heavy atom. The highest BCUT2D eigenvalue weighted by Gasteiger charge is 2.50. The van der Waals surface area contributed by atoms with Crippen molar-refractivity contribution in [3.05, 3.63) is 229 Å². The number of hydrogen-bond acceptors (Lipinski definition) is 1. The Kier molecular flexibility index (Phi) is 6.29. The molecule has 0 amide bonds. The van der Waals surface area contributed by atoms with Crippen LogP contribution in [0.3, 0.4) is 0 Å². The summed E-state index contributed by atoms with van der Waals surface area (Å²) >= 11 is 0. The van der Waals surface area contributed by atoms with Gasteiger partial charge in [-0.05, 0) is 104 Å². The SMILES string of the molecule is c1ccc(N(c2cccc(-c3ccc4c5cccc6c5n(c4c3)-c3ccccc3C63c4ccccc4-c4ccccc43)c2)c2ccc3ccccc3c2)cc1. The van der Waals surface area contributed by atoms with Crippen molar-refractivity contribution in [1.29, 1.82) is 0 Å². The van der Waals surface area contributed by atoms with E-state index in [9.17, 15) is 0 Å². The van der Waals surface area contributed by atoms with Gasteiger partial charge in [0.25, 0.3) is 0 Å². The molecule has 0 radical (unpaired) electrons. The van der Waals surface area contributed by atoms with E-state index in [2.05, 4.69) is 216 Å². The first-order valence-electron chi connectivity index (χ1n) is 19.1. The molecule has 0 unspecified atom stereocenters. The van der Waals surface area contributed by atoms with Gasteiger partial charge >= 0.3 is 0 Å². The predicted octanol–water partition coefficient (Wildman–Crippen LogP) is 13.8. The molecule has 1 spiro atoms. The molecule has 1 aliphatic heterocycles. The number of aromatic nitrogens is 1. The highest BCUT2D eigenvalue weighted by atomic mass is 15.1. The zero-order valence-corrected chi connectivity index (χ0v) is 30.0. The Hall–Kier alpha value is -7.16. The van der Waals surface area contributed by atoms with Crippen LogP contribution in [0.1, 0.15) is 22.3 Å². The molecule has 1 aliphatic carbocycles. The number of nitrogens with zero attached hydrogens (tertiary/aromatic N) is 2. The zero-order valence-electron chi connectivity index (χ0n) is 30.0. The van der Waals surface area contributed by atoms with Crippen LogP contribution in [0.15, 0.2) is 206 Å². The van der Waals surface area contributed by atoms with Crippen LogP contribution in [0.2, 0.25) is 0 Å². The Balaban J connectivity index is 1.08. The summed E-state index contributed by atoms with van der Waals surface area (Å²) in [5, 5.41) is 5.02. The summed E-state index contributed by atoms with van der Waals surface area (Å²) in [4.78, 5) is 2.36. The molecule has 0 atom stereocenters. The van der Waals surface area contributed by atoms with Gasteiger partial charge in [0.1, 0.15) is 0 Å². The highest BCUT2D eigenvalue weighted by molar-refractivity contribution is 6.13. The molecule has 0 saturated carbocycles. The molecule has 0 fully saturated rings. The normalized spacial score (nSPS) is 13.2. The molecule has 256 valence electrons. The Morgan fingerprint density at radius 2 is 0.982 bits per heavy atom. The zero-order chi connectivity index (χ0) is 36.1. The molecule has 2 heteroatoms. The van der Waals surface area contributed by atoms with Crippen LogP contribution in [-0.4, -0.2) is 4.57 Å². The van der Waals surface area contributed by atoms with E-state index in [4.69, 9.17) is 0 Å². The van der Waals surface area contributed by atoms with Crippen molar-refractivity contribution in [1.82, 2.24) is 4.57 Å². The summed E-state index contributed by atoms with van der Waals surface area (Å²) in [7, 11) is 0. The highest BCUT2D eigenvalue weighted by Crippen LogP contribution is 2.61. The van der Waals surface area contributed by atoms with Gasteiger partial charge in [-0.3, -0.25) is 0 Å². The fourth-order valence-corrected chi connectivity index (χ4v) is 9.91. The van der Waals surface area contributed by atoms with Gasteiger partial charge in [0.15, 0.2) is 0 Å². The fourth-order valence-electron chi connectivity index (χ4n) is 9.91. The van der Waals surface area contributed by atoms with Crippen LogP contribution in [0, 0.1) is 0 Å². The smallest absolute Gasteiger partial charge is 0.0754 e. The molecular weight excluding hydrogens is 665 g/mol. The van der Waals surface area contributed by atoms with Gasteiger partial charge in [0.2, 0.25) is 0 Å². The van der Waals surface area contributed by atoms with E-state index in [1.165, 1.54) is 82.8 Å². The first-order chi connectivity index (χ1) is 27.3. The minimum atomic E-state index is -0.408. The molecule has 0 N–H and O–H groups in total. The fraction of sp³-hybridized carbons (Fsp3) is 0.0189. The second-order valence-corrected chi connectivity index (χ2v) is 14.9. The van der Waals surface area contributed by atoms with Crippen LogP contribution in [-0.2, 0) is 5.41 Å². The predicted molar refractivity (Wildman–Crippen MR) is 229 cm³/mol. The van der Waals surface area contributed by atoms with Crippen LogP contribution < -0.4 is 4.90 Å². The van der Waals surface area contributed by atoms with Crippen molar-refractivity contribution in [3.8, 4) is 27.9 Å². The van der Waals surface area contributed by atoms with Crippen LogP contribution in [0.5, 0.6) is 0 Å². The number of rotatable bonds is 4. The van der Waals surface area contributed by atoms with E-state index in [1.807, 2.05) is 0 Å². The number of benzene rings is 9. The van der Waals surface area contributed by atoms with Gasteiger partial charge in [-0.1, -0.05) is 158 Å². The minimum absolute atomic E-state index is 0.408. The largest absolute Gasteiger partial charge is 0.310 e. The third kappa shape index (κ3) is 4.14. The molecule has 0 saturated heterocycles. The van der Waals surface area contributed by atoms with Crippen molar-refractivity contribution in [2.75, 3.05) is 4.90 Å². The lowest BCUT2D eigenvalue weighted by Gasteiger charge is -2.39. The Labute approximate surface area is 319 Å². The molecule has 2 aliphatic rings. The summed E-state index contributed by atoms with van der Waals surface area (Å²) in [5.74, 6) is 0. The second kappa shape index (κ2) is 11.4. The lowest BCUT2D eigenvalue weighted by molar-refractivity contribution is 0.748. The Morgan fingerprint density at radius 1 is 0.364 bits per heavy atom. The molecule has 2 nitrogen and oxygen atoms in total. The van der Waals surface area contributed by atoms with Gasteiger partial charge in [0, 0.05) is 27.8 Å². The molecule has 2 heterocycles. The first kappa shape index (κ1) is 30.3. The van der Waals surface area contributed by atoms with Crippen LogP contribution in [0.25, 0.3) is 60.5 Å². The van der Waals surface area contributed by atoms with E-state index in [1.54, 1.807) is 0 Å². The van der Waals surface area contributed by atoms with Crippen molar-refractivity contribution in [2.45, 2.75) is 5.41 Å². The lowest BCUT2D eigenvalue weighted by Crippen LogP contribution is -2.33. The molecule has 9 aromatic carbocycles. The molecule has 1 aromatic heterocycles. The number of hydrogen-bond donors (Lipinski definition) is 0. The van der Waals surface area contributed by atoms with E-state index in [0.29, 0.717) is 0 Å². The van der Waals surface area contributed by atoms with Crippen molar-refractivity contribution < 1.29 is 0 Å². The maximum atomic E-state index is 2.54. The average Bonchev–Trinajstić information content (AvgIpc) is 3.74. The van der Waals surface area contributed by atoms with Gasteiger partial charge in [-0.15, -0.1) is 0 Å². The minimum Gasteiger partial charge on any atom is -0.310 e. The molecule has 0 bridgehead atoms. The van der Waals surface area contributed by atoms with Crippen molar-refractivity contribution >= 4 is 49.6 Å². The summed E-state index contributed by atoms with van der Waals surface area (Å²) in [6.07, 6.45) is 0. The van der Waals surface area contributed by atoms with Gasteiger partial charge < -0.3 is 9.47 Å². The average molecular weight is 699 g/mol. The third-order valence-electron chi connectivity index (χ3n) is 12.1. The van der Waals surface area contributed by atoms with E-state index in [-0.39, 0.29) is 0 Å². The standard InChI is InChI=1S/C53H34N2/c1-2-17-39(18-3-1)54(41-30-28-35-14-4-5-15-36(35)32-41)40-19-12-16-37(33-40)38-29-31-44-45-22-13-26-49-52(45)55(51(44)34-38)50-27-11-10-25-48(50)53(49)46-23-8-6-20-42(46)43-21-7-9-24-47(43)53/h1-34H. The quantitative estimate of drug-likeness (QED) is 0.178. The lowest BCUT2D eigenvalue weighted by atomic mass is 9.65. The van der Waals surface area contributed by atoms with Gasteiger partial charge in [0.05, 0.1) is 22.1 Å². The molecule has 12 rings (SSSR count). The van der Waals surface area contributed by atoms with Crippen molar-refractivity contribution in [3.63, 3.8) is 0 Å². The first-order valence-corrected chi connectivity index (χ1v) is 19.1. The maximum Gasteiger partial charge on any atom is 0.0754 e. The number of fused-ring (bicyclic) bond motifs is 13. The number of anilines is 3. The van der Waals surface area contributed by atoms with Crippen LogP contribution >= 0.6 is 0 Å². The summed E-state index contributed by atoms with van der Waals surface area (Å²) < 4.78 is 2.54. The third-order valence-corrected chi connectivity index (χ3v) is 12.1. The van der Waals surface area contributed by atoms with Gasteiger partial charge in [-0.25, -0.2) is 0 Å². The van der Waals surface area contributed by atoms with Crippen LogP contribution in [0.4, 0.5) is 17.1 Å². The number of para-hydroxylation sites is 3. The van der Waals surface area contributed by atoms with Gasteiger partial charge in [-0.2, -0.15) is 0 Å². The summed E-state index contributed by atoms with van der Waals surface area (Å²) in [6.45, 7) is 0. The molecule has 10 aromatic rings. The molecular formula is C53H34N2. The maximum absolute atomic E-state index is 2.54. The Bertz CT molecular complexity index is 3120.